The second-order valence-corrected chi connectivity index (χ2v) is 17.4. The van der Waals surface area contributed by atoms with Crippen LogP contribution in [-0.4, -0.2) is 40.0 Å². The number of fused-ring (bicyclic) bond motifs is 7. The molecule has 0 aliphatic heterocycles. The van der Waals surface area contributed by atoms with Crippen molar-refractivity contribution in [2.45, 2.75) is 132 Å². The quantitative estimate of drug-likeness (QED) is 0.317. The molecule has 6 aliphatic carbocycles. The van der Waals surface area contributed by atoms with Gasteiger partial charge in [-0.05, 0) is 124 Å². The van der Waals surface area contributed by atoms with Gasteiger partial charge >= 0.3 is 17.9 Å². The molecule has 0 aromatic rings. The minimum absolute atomic E-state index is 0.0179. The standard InChI is InChI=1S/C37H52O7/c1-32(2)26-11-14-37(7)28(35(26,5)13-12-27(32)44-30(41)22-10-8-9-21(22)29(39)40)25(38)19-23-24-20-34(4,31(42)43)16-15-33(24,3)17-18-36(23,37)6/h19,24,26-28H,8-18,20H2,1-7H3,(H,39,40)(H,42,43)/t24-,26?,27-,28+,33+,34-,35-,36+,37+/m0/s1. The normalized spacial score (nSPS) is 46.2. The van der Waals surface area contributed by atoms with Crippen LogP contribution >= 0.6 is 0 Å². The van der Waals surface area contributed by atoms with E-state index in [9.17, 15) is 29.4 Å². The number of carbonyl (C=O) groups is 4. The smallest absolute Gasteiger partial charge is 0.334 e. The van der Waals surface area contributed by atoms with Crippen molar-refractivity contribution in [2.24, 2.45) is 50.2 Å². The molecule has 1 unspecified atom stereocenters. The number of hydrogen-bond acceptors (Lipinski definition) is 5. The van der Waals surface area contributed by atoms with Gasteiger partial charge in [-0.1, -0.05) is 47.1 Å². The van der Waals surface area contributed by atoms with Gasteiger partial charge in [-0.15, -0.1) is 0 Å². The van der Waals surface area contributed by atoms with E-state index in [0.717, 1.165) is 38.5 Å². The Morgan fingerprint density at radius 2 is 1.50 bits per heavy atom. The highest BCUT2D eigenvalue weighted by Crippen LogP contribution is 2.75. The third-order valence-electron chi connectivity index (χ3n) is 15.0. The van der Waals surface area contributed by atoms with E-state index in [1.165, 1.54) is 5.57 Å². The molecule has 0 aromatic heterocycles. The van der Waals surface area contributed by atoms with Gasteiger partial charge in [0.2, 0.25) is 0 Å². The number of rotatable bonds is 4. The summed E-state index contributed by atoms with van der Waals surface area (Å²) in [6.45, 7) is 15.6. The van der Waals surface area contributed by atoms with Gasteiger partial charge in [0.1, 0.15) is 6.10 Å². The van der Waals surface area contributed by atoms with Crippen LogP contribution in [0, 0.1) is 50.2 Å². The molecule has 0 bridgehead atoms. The molecule has 4 fully saturated rings. The Morgan fingerprint density at radius 1 is 0.841 bits per heavy atom. The van der Waals surface area contributed by atoms with Gasteiger partial charge in [0.25, 0.3) is 0 Å². The molecule has 6 rings (SSSR count). The largest absolute Gasteiger partial charge is 0.481 e. The minimum Gasteiger partial charge on any atom is -0.481 e. The van der Waals surface area contributed by atoms with Crippen LogP contribution < -0.4 is 0 Å². The fraction of sp³-hybridized carbons (Fsp3) is 0.784. The van der Waals surface area contributed by atoms with E-state index >= 15 is 0 Å². The van der Waals surface area contributed by atoms with Crippen LogP contribution in [0.1, 0.15) is 126 Å². The van der Waals surface area contributed by atoms with Gasteiger partial charge in [0, 0.05) is 22.5 Å². The fourth-order valence-electron chi connectivity index (χ4n) is 12.0. The molecule has 2 N–H and O–H groups in total. The lowest BCUT2D eigenvalue weighted by molar-refractivity contribution is -0.209. The molecule has 0 spiro atoms. The van der Waals surface area contributed by atoms with E-state index in [2.05, 4.69) is 41.5 Å². The second kappa shape index (κ2) is 9.78. The maximum Gasteiger partial charge on any atom is 0.334 e. The number of aliphatic carboxylic acids is 2. The number of esters is 1. The van der Waals surface area contributed by atoms with E-state index < -0.39 is 23.3 Å². The first-order chi connectivity index (χ1) is 20.3. The Morgan fingerprint density at radius 3 is 2.16 bits per heavy atom. The molecule has 4 saturated carbocycles. The van der Waals surface area contributed by atoms with E-state index in [0.29, 0.717) is 44.1 Å². The third-order valence-corrected chi connectivity index (χ3v) is 15.0. The number of ether oxygens (including phenoxy) is 1. The summed E-state index contributed by atoms with van der Waals surface area (Å²) in [5.74, 6) is -1.94. The summed E-state index contributed by atoms with van der Waals surface area (Å²) >= 11 is 0. The van der Waals surface area contributed by atoms with Gasteiger partial charge in [-0.2, -0.15) is 0 Å². The van der Waals surface area contributed by atoms with Crippen molar-refractivity contribution >= 4 is 23.7 Å². The van der Waals surface area contributed by atoms with Gasteiger partial charge in [0.15, 0.2) is 5.78 Å². The molecule has 9 atom stereocenters. The van der Waals surface area contributed by atoms with Crippen LogP contribution in [0.25, 0.3) is 0 Å². The van der Waals surface area contributed by atoms with Crippen molar-refractivity contribution in [3.8, 4) is 0 Å². The van der Waals surface area contributed by atoms with Crippen molar-refractivity contribution < 1.29 is 34.1 Å². The molecular formula is C37H52O7. The van der Waals surface area contributed by atoms with E-state index in [-0.39, 0.29) is 62.3 Å². The molecule has 0 amide bonds. The average molecular weight is 609 g/mol. The van der Waals surface area contributed by atoms with Crippen LogP contribution in [0.3, 0.4) is 0 Å². The van der Waals surface area contributed by atoms with Gasteiger partial charge in [0.05, 0.1) is 5.41 Å². The molecule has 44 heavy (non-hydrogen) atoms. The number of carbonyl (C=O) groups excluding carboxylic acids is 2. The minimum atomic E-state index is -1.03. The van der Waals surface area contributed by atoms with E-state index in [4.69, 9.17) is 4.74 Å². The topological polar surface area (TPSA) is 118 Å². The zero-order valence-electron chi connectivity index (χ0n) is 27.8. The summed E-state index contributed by atoms with van der Waals surface area (Å²) in [5.41, 5.74) is -0.118. The average Bonchev–Trinajstić information content (AvgIpc) is 3.43. The highest BCUT2D eigenvalue weighted by molar-refractivity contribution is 6.00. The SMILES string of the molecule is CC1(C)C2CC[C@]3(C)[C@H](C(=O)C=C4[C@@H]5C[C@@](C)(C(=O)O)CC[C@]5(C)CC[C@]43C)[C@@]2(C)CC[C@@H]1OC(=O)C1=C(C(=O)O)CCC1. The molecule has 0 heterocycles. The lowest BCUT2D eigenvalue weighted by atomic mass is 9.33. The van der Waals surface area contributed by atoms with Crippen LogP contribution in [0.2, 0.25) is 0 Å². The summed E-state index contributed by atoms with van der Waals surface area (Å²) in [6, 6.07) is 0. The molecule has 7 nitrogen and oxygen atoms in total. The van der Waals surface area contributed by atoms with E-state index in [1.54, 1.807) is 0 Å². The highest BCUT2D eigenvalue weighted by Gasteiger charge is 2.70. The fourth-order valence-corrected chi connectivity index (χ4v) is 12.0. The maximum atomic E-state index is 14.6. The third kappa shape index (κ3) is 4.11. The molecule has 0 aromatic carbocycles. The van der Waals surface area contributed by atoms with Crippen molar-refractivity contribution in [1.82, 2.24) is 0 Å². The Bertz CT molecular complexity index is 1390. The predicted octanol–water partition coefficient (Wildman–Crippen LogP) is 7.53. The predicted molar refractivity (Wildman–Crippen MR) is 165 cm³/mol. The first-order valence-corrected chi connectivity index (χ1v) is 17.0. The van der Waals surface area contributed by atoms with E-state index in [1.807, 2.05) is 13.0 Å². The lowest BCUT2D eigenvalue weighted by Crippen LogP contribution is -2.66. The number of carboxylic acid groups (broad SMARTS) is 2. The van der Waals surface area contributed by atoms with Crippen LogP contribution in [-0.2, 0) is 23.9 Å². The van der Waals surface area contributed by atoms with Crippen LogP contribution in [0.15, 0.2) is 22.8 Å². The second-order valence-electron chi connectivity index (χ2n) is 17.4. The first-order valence-electron chi connectivity index (χ1n) is 17.0. The number of ketones is 1. The molecular weight excluding hydrogens is 556 g/mol. The summed E-state index contributed by atoms with van der Waals surface area (Å²) < 4.78 is 6.16. The van der Waals surface area contributed by atoms with Crippen LogP contribution in [0.4, 0.5) is 0 Å². The maximum absolute atomic E-state index is 14.6. The Balaban J connectivity index is 1.33. The first kappa shape index (κ1) is 31.5. The van der Waals surface area contributed by atoms with Gasteiger partial charge < -0.3 is 14.9 Å². The molecule has 242 valence electrons. The summed E-state index contributed by atoms with van der Waals surface area (Å²) in [6.07, 6.45) is 10.6. The van der Waals surface area contributed by atoms with Gasteiger partial charge in [-0.25, -0.2) is 9.59 Å². The molecule has 7 heteroatoms. The van der Waals surface area contributed by atoms with Crippen LogP contribution in [0.5, 0.6) is 0 Å². The summed E-state index contributed by atoms with van der Waals surface area (Å²) in [4.78, 5) is 51.9. The summed E-state index contributed by atoms with van der Waals surface area (Å²) in [7, 11) is 0. The highest BCUT2D eigenvalue weighted by atomic mass is 16.5. The monoisotopic (exact) mass is 608 g/mol. The number of hydrogen-bond donors (Lipinski definition) is 2. The molecule has 0 radical (unpaired) electrons. The molecule has 6 aliphatic rings. The van der Waals surface area contributed by atoms with Crippen molar-refractivity contribution in [1.29, 1.82) is 0 Å². The zero-order valence-corrected chi connectivity index (χ0v) is 27.8. The number of allylic oxidation sites excluding steroid dienone is 2. The van der Waals surface area contributed by atoms with Gasteiger partial charge in [-0.3, -0.25) is 9.59 Å². The lowest BCUT2D eigenvalue weighted by Gasteiger charge is -2.70. The summed E-state index contributed by atoms with van der Waals surface area (Å²) in [5, 5.41) is 19.8. The Labute approximate surface area is 262 Å². The van der Waals surface area contributed by atoms with Crippen molar-refractivity contribution in [2.75, 3.05) is 0 Å². The Hall–Kier alpha value is -2.44. The Kier molecular flexibility index (Phi) is 7.01. The number of carboxylic acids is 2. The van der Waals surface area contributed by atoms with Crippen molar-refractivity contribution in [3.63, 3.8) is 0 Å². The molecule has 0 saturated heterocycles. The van der Waals surface area contributed by atoms with Crippen molar-refractivity contribution in [3.05, 3.63) is 22.8 Å². The zero-order chi connectivity index (χ0) is 32.3.